The van der Waals surface area contributed by atoms with E-state index < -0.39 is 11.5 Å². The standard InChI is InChI=1S/C23H24FN7O2/c1-14-11-29(12-15(2)33-14)20-19(16-6-4-3-5-7-16)27-22(25)31-21(20)28-30(23(31)32)13-18-9-8-17(24)10-26-18/h3-10,14-15H,11-13H2,1-2H3,(H2,25,27)/t14-,15+. The number of rotatable bonds is 4. The highest BCUT2D eigenvalue weighted by molar-refractivity contribution is 5.86. The molecule has 1 saturated heterocycles. The number of anilines is 2. The van der Waals surface area contributed by atoms with Gasteiger partial charge in [-0.3, -0.25) is 4.98 Å². The van der Waals surface area contributed by atoms with Crippen molar-refractivity contribution in [2.75, 3.05) is 23.7 Å². The van der Waals surface area contributed by atoms with Crippen molar-refractivity contribution in [3.63, 3.8) is 0 Å². The van der Waals surface area contributed by atoms with E-state index in [1.165, 1.54) is 21.2 Å². The van der Waals surface area contributed by atoms with Gasteiger partial charge in [0.25, 0.3) is 0 Å². The minimum Gasteiger partial charge on any atom is -0.372 e. The molecule has 0 radical (unpaired) electrons. The molecular weight excluding hydrogens is 425 g/mol. The second-order valence-electron chi connectivity index (χ2n) is 8.26. The molecule has 4 aromatic rings. The number of halogens is 1. The van der Waals surface area contributed by atoms with Gasteiger partial charge in [-0.25, -0.2) is 23.3 Å². The van der Waals surface area contributed by atoms with Crippen molar-refractivity contribution in [3.05, 3.63) is 70.7 Å². The maximum Gasteiger partial charge on any atom is 0.353 e. The van der Waals surface area contributed by atoms with Gasteiger partial charge in [0.1, 0.15) is 17.2 Å². The summed E-state index contributed by atoms with van der Waals surface area (Å²) < 4.78 is 21.8. The summed E-state index contributed by atoms with van der Waals surface area (Å²) in [5, 5.41) is 4.63. The van der Waals surface area contributed by atoms with Gasteiger partial charge in [-0.2, -0.15) is 0 Å². The minimum atomic E-state index is -0.445. The van der Waals surface area contributed by atoms with E-state index in [9.17, 15) is 9.18 Å². The molecule has 4 heterocycles. The third kappa shape index (κ3) is 3.93. The van der Waals surface area contributed by atoms with Gasteiger partial charge >= 0.3 is 5.69 Å². The van der Waals surface area contributed by atoms with Crippen LogP contribution in [0, 0.1) is 5.82 Å². The van der Waals surface area contributed by atoms with Gasteiger partial charge in [-0.15, -0.1) is 5.10 Å². The summed E-state index contributed by atoms with van der Waals surface area (Å²) >= 11 is 0. The number of nitrogen functional groups attached to an aromatic ring is 1. The Morgan fingerprint density at radius 3 is 2.52 bits per heavy atom. The molecule has 5 rings (SSSR count). The second-order valence-corrected chi connectivity index (χ2v) is 8.26. The molecule has 1 aromatic carbocycles. The predicted molar refractivity (Wildman–Crippen MR) is 123 cm³/mol. The van der Waals surface area contributed by atoms with Gasteiger partial charge < -0.3 is 15.4 Å². The van der Waals surface area contributed by atoms with Crippen LogP contribution in [0.5, 0.6) is 0 Å². The Morgan fingerprint density at radius 1 is 1.12 bits per heavy atom. The number of morpholine rings is 1. The number of pyridine rings is 1. The molecule has 0 saturated carbocycles. The average molecular weight is 449 g/mol. The molecule has 2 N–H and O–H groups in total. The predicted octanol–water partition coefficient (Wildman–Crippen LogP) is 2.34. The quantitative estimate of drug-likeness (QED) is 0.510. The smallest absolute Gasteiger partial charge is 0.353 e. The van der Waals surface area contributed by atoms with E-state index in [4.69, 9.17) is 10.5 Å². The zero-order valence-corrected chi connectivity index (χ0v) is 18.3. The van der Waals surface area contributed by atoms with E-state index in [1.54, 1.807) is 0 Å². The van der Waals surface area contributed by atoms with Crippen molar-refractivity contribution < 1.29 is 9.13 Å². The number of benzene rings is 1. The van der Waals surface area contributed by atoms with Crippen LogP contribution in [0.3, 0.4) is 0 Å². The van der Waals surface area contributed by atoms with Crippen LogP contribution in [0.1, 0.15) is 19.5 Å². The van der Waals surface area contributed by atoms with Crippen molar-refractivity contribution in [3.8, 4) is 11.3 Å². The van der Waals surface area contributed by atoms with E-state index in [0.29, 0.717) is 30.1 Å². The van der Waals surface area contributed by atoms with Crippen LogP contribution in [-0.2, 0) is 11.3 Å². The largest absolute Gasteiger partial charge is 0.372 e. The fraction of sp³-hybridized carbons (Fsp3) is 0.304. The van der Waals surface area contributed by atoms with E-state index >= 15 is 0 Å². The Kier molecular flexibility index (Phi) is 5.29. The first kappa shape index (κ1) is 21.1. The molecule has 9 nitrogen and oxygen atoms in total. The van der Waals surface area contributed by atoms with Crippen molar-refractivity contribution in [1.82, 2.24) is 24.1 Å². The van der Waals surface area contributed by atoms with Crippen LogP contribution in [0.15, 0.2) is 53.5 Å². The number of fused-ring (bicyclic) bond motifs is 1. The van der Waals surface area contributed by atoms with Gasteiger partial charge in [-0.1, -0.05) is 30.3 Å². The molecule has 1 fully saturated rings. The Hall–Kier alpha value is -3.79. The Labute approximate surface area is 189 Å². The lowest BCUT2D eigenvalue weighted by Gasteiger charge is -2.37. The number of ether oxygens (including phenoxy) is 1. The fourth-order valence-electron chi connectivity index (χ4n) is 4.30. The summed E-state index contributed by atoms with van der Waals surface area (Å²) in [4.78, 5) is 24.1. The Morgan fingerprint density at radius 2 is 1.85 bits per heavy atom. The number of aromatic nitrogens is 5. The maximum absolute atomic E-state index is 13.3. The summed E-state index contributed by atoms with van der Waals surface area (Å²) in [5.41, 5.74) is 8.99. The van der Waals surface area contributed by atoms with Crippen molar-refractivity contribution in [2.24, 2.45) is 0 Å². The third-order valence-corrected chi connectivity index (χ3v) is 5.61. The van der Waals surface area contributed by atoms with Gasteiger partial charge in [0.2, 0.25) is 5.95 Å². The van der Waals surface area contributed by atoms with Gasteiger partial charge in [-0.05, 0) is 26.0 Å². The molecule has 0 unspecified atom stereocenters. The molecule has 0 spiro atoms. The molecular formula is C23H24FN7O2. The third-order valence-electron chi connectivity index (χ3n) is 5.61. The molecule has 10 heteroatoms. The van der Waals surface area contributed by atoms with Gasteiger partial charge in [0.15, 0.2) is 5.65 Å². The zero-order chi connectivity index (χ0) is 23.1. The lowest BCUT2D eigenvalue weighted by Crippen LogP contribution is -2.46. The molecule has 3 aromatic heterocycles. The number of hydrogen-bond donors (Lipinski definition) is 1. The summed E-state index contributed by atoms with van der Waals surface area (Å²) in [5.74, 6) is -0.398. The first-order valence-corrected chi connectivity index (χ1v) is 10.8. The van der Waals surface area contributed by atoms with Crippen LogP contribution in [0.2, 0.25) is 0 Å². The topological polar surface area (TPSA) is 104 Å². The second kappa shape index (κ2) is 8.28. The number of hydrogen-bond acceptors (Lipinski definition) is 7. The normalized spacial score (nSPS) is 18.7. The minimum absolute atomic E-state index is 0.00722. The Balaban J connectivity index is 1.72. The van der Waals surface area contributed by atoms with E-state index in [-0.39, 0.29) is 24.7 Å². The molecule has 1 aliphatic heterocycles. The van der Waals surface area contributed by atoms with Crippen LogP contribution in [0.25, 0.3) is 16.9 Å². The highest BCUT2D eigenvalue weighted by atomic mass is 19.1. The number of nitrogens with zero attached hydrogens (tertiary/aromatic N) is 6. The van der Waals surface area contributed by atoms with Crippen LogP contribution in [0.4, 0.5) is 16.0 Å². The van der Waals surface area contributed by atoms with Gasteiger partial charge in [0, 0.05) is 18.7 Å². The summed E-state index contributed by atoms with van der Waals surface area (Å²) in [6, 6.07) is 12.5. The fourth-order valence-corrected chi connectivity index (χ4v) is 4.30. The van der Waals surface area contributed by atoms with Crippen molar-refractivity contribution in [1.29, 1.82) is 0 Å². The van der Waals surface area contributed by atoms with Crippen molar-refractivity contribution in [2.45, 2.75) is 32.6 Å². The number of nitrogens with two attached hydrogens (primary N) is 1. The molecule has 33 heavy (non-hydrogen) atoms. The molecule has 170 valence electrons. The first-order valence-electron chi connectivity index (χ1n) is 10.8. The molecule has 1 aliphatic rings. The highest BCUT2D eigenvalue weighted by Gasteiger charge is 2.29. The highest BCUT2D eigenvalue weighted by Crippen LogP contribution is 2.34. The summed E-state index contributed by atoms with van der Waals surface area (Å²) in [6.45, 7) is 5.34. The molecule has 2 atom stereocenters. The van der Waals surface area contributed by atoms with Crippen LogP contribution in [-0.4, -0.2) is 49.4 Å². The Bertz CT molecular complexity index is 1340. The van der Waals surface area contributed by atoms with E-state index in [0.717, 1.165) is 17.4 Å². The molecule has 0 bridgehead atoms. The average Bonchev–Trinajstić information content (AvgIpc) is 3.11. The lowest BCUT2D eigenvalue weighted by atomic mass is 10.1. The molecule has 0 aliphatic carbocycles. The lowest BCUT2D eigenvalue weighted by molar-refractivity contribution is -0.00513. The first-order chi connectivity index (χ1) is 15.9. The summed E-state index contributed by atoms with van der Waals surface area (Å²) in [7, 11) is 0. The summed E-state index contributed by atoms with van der Waals surface area (Å²) in [6.07, 6.45) is 1.10. The maximum atomic E-state index is 13.3. The van der Waals surface area contributed by atoms with E-state index in [2.05, 4.69) is 20.0 Å². The van der Waals surface area contributed by atoms with Gasteiger partial charge in [0.05, 0.1) is 30.6 Å². The van der Waals surface area contributed by atoms with Crippen LogP contribution >= 0.6 is 0 Å². The SMILES string of the molecule is C[C@@H]1CN(c2c(-c3ccccc3)nc(N)n3c(=O)n(Cc4ccc(F)cn4)nc23)C[C@H](C)O1. The van der Waals surface area contributed by atoms with Crippen LogP contribution < -0.4 is 16.3 Å². The zero-order valence-electron chi connectivity index (χ0n) is 18.3. The molecule has 0 amide bonds. The van der Waals surface area contributed by atoms with Crippen molar-refractivity contribution >= 4 is 17.3 Å². The monoisotopic (exact) mass is 449 g/mol. The van der Waals surface area contributed by atoms with E-state index in [1.807, 2.05) is 44.2 Å².